The first-order valence-corrected chi connectivity index (χ1v) is 21.5. The van der Waals surface area contributed by atoms with Crippen molar-refractivity contribution in [3.8, 4) is 55.6 Å². The molecule has 1 aromatic heterocycles. The largest absolute Gasteiger partial charge is 0.456 e. The van der Waals surface area contributed by atoms with Crippen LogP contribution in [0.25, 0.3) is 121 Å². The fraction of sp³-hybridized carbons (Fsp3) is 0.0794. The van der Waals surface area contributed by atoms with Crippen LogP contribution in [0.15, 0.2) is 204 Å². The van der Waals surface area contributed by atoms with Crippen LogP contribution in [0, 0.1) is 13.8 Å². The van der Waals surface area contributed by atoms with Gasteiger partial charge in [-0.05, 0) is 166 Å². The van der Waals surface area contributed by atoms with Crippen molar-refractivity contribution >= 4 is 65.0 Å². The number of benzene rings is 11. The zero-order valence-electron chi connectivity index (χ0n) is 47.6. The first-order valence-electron chi connectivity index (χ1n) is 27.5. The molecule has 1 nitrogen and oxygen atoms in total. The molecular weight excluding hydrogens is 773 g/mol. The fourth-order valence-corrected chi connectivity index (χ4v) is 9.73. The van der Waals surface area contributed by atoms with Gasteiger partial charge in [0.05, 0.1) is 16.4 Å². The van der Waals surface area contributed by atoms with Gasteiger partial charge in [0.2, 0.25) is 0 Å². The van der Waals surface area contributed by atoms with Gasteiger partial charge >= 0.3 is 0 Å². The minimum absolute atomic E-state index is 0.00885. The number of hydrogen-bond acceptors (Lipinski definition) is 1. The lowest BCUT2D eigenvalue weighted by Gasteiger charge is -2.22. The summed E-state index contributed by atoms with van der Waals surface area (Å²) in [6.45, 7) is 8.13. The van der Waals surface area contributed by atoms with Crippen molar-refractivity contribution < 1.29 is 20.9 Å². The zero-order chi connectivity index (χ0) is 53.5. The number of para-hydroxylation sites is 1. The van der Waals surface area contributed by atoms with Crippen molar-refractivity contribution in [1.82, 2.24) is 0 Å². The van der Waals surface area contributed by atoms with Crippen LogP contribution in [-0.2, 0) is 0 Å². The Morgan fingerprint density at radius 1 is 0.391 bits per heavy atom. The molecule has 0 aliphatic rings. The summed E-state index contributed by atoms with van der Waals surface area (Å²) in [6, 6.07) is 38.0. The molecule has 12 aromatic rings. The molecule has 0 saturated heterocycles. The number of hydrogen-bond donors (Lipinski definition) is 0. The number of rotatable bonds is 6. The average molecular weight is 831 g/mol. The lowest BCUT2D eigenvalue weighted by molar-refractivity contribution is 0.657. The van der Waals surface area contributed by atoms with E-state index in [-0.39, 0.29) is 52.0 Å². The standard InChI is InChI=1S/C63H46O/c1-38(2)49-21-13-23-55-52-29-26-47(37-60(52)64-63(49)55)46-28-30-53-59(36-46)62(57-33-39(3)56(32-40(57)4)51-22-12-19-43-17-10-11-20-50(43)51)54-31-27-45(41-14-6-5-7-15-41)35-58(54)61(53)48-25-24-42-16-8-9-18-44(42)34-48/h5-38H,1-4H3/i5D,6D,7D,10D,11D,12D,14D,15D,17D,19D,20D,22D. The quantitative estimate of drug-likeness (QED) is 0.152. The van der Waals surface area contributed by atoms with E-state index in [1.54, 1.807) is 6.07 Å². The molecule has 0 unspecified atom stereocenters. The molecule has 0 N–H and O–H groups in total. The Labute approximate surface area is 390 Å². The molecule has 304 valence electrons. The summed E-state index contributed by atoms with van der Waals surface area (Å²) in [4.78, 5) is 0. The van der Waals surface area contributed by atoms with Crippen LogP contribution in [-0.4, -0.2) is 0 Å². The van der Waals surface area contributed by atoms with Crippen molar-refractivity contribution in [1.29, 1.82) is 0 Å². The number of furan rings is 1. The van der Waals surface area contributed by atoms with Gasteiger partial charge in [0.15, 0.2) is 0 Å². The third-order valence-electron chi connectivity index (χ3n) is 12.9. The monoisotopic (exact) mass is 830 g/mol. The summed E-state index contributed by atoms with van der Waals surface area (Å²) in [5, 5.41) is 7.38. The van der Waals surface area contributed by atoms with Crippen LogP contribution in [0.3, 0.4) is 0 Å². The van der Waals surface area contributed by atoms with E-state index >= 15 is 0 Å². The molecule has 0 amide bonds. The first-order chi connectivity index (χ1) is 36.4. The highest BCUT2D eigenvalue weighted by atomic mass is 16.3. The van der Waals surface area contributed by atoms with E-state index in [2.05, 4.69) is 98.8 Å². The summed E-state index contributed by atoms with van der Waals surface area (Å²) < 4.78 is 112. The first kappa shape index (κ1) is 27.3. The van der Waals surface area contributed by atoms with Gasteiger partial charge in [0.25, 0.3) is 0 Å². The Kier molecular flexibility index (Phi) is 6.40. The van der Waals surface area contributed by atoms with Gasteiger partial charge in [-0.25, -0.2) is 0 Å². The van der Waals surface area contributed by atoms with Crippen LogP contribution in [0.5, 0.6) is 0 Å². The van der Waals surface area contributed by atoms with Gasteiger partial charge in [0, 0.05) is 10.8 Å². The van der Waals surface area contributed by atoms with Crippen molar-refractivity contribution in [2.24, 2.45) is 0 Å². The molecule has 0 saturated carbocycles. The molecule has 0 radical (unpaired) electrons. The second kappa shape index (κ2) is 15.0. The van der Waals surface area contributed by atoms with Gasteiger partial charge in [-0.15, -0.1) is 0 Å². The lowest BCUT2D eigenvalue weighted by atomic mass is 9.81. The second-order valence-corrected chi connectivity index (χ2v) is 17.0. The summed E-state index contributed by atoms with van der Waals surface area (Å²) in [6.07, 6.45) is 0. The predicted octanol–water partition coefficient (Wildman–Crippen LogP) is 18.3. The summed E-state index contributed by atoms with van der Waals surface area (Å²) in [7, 11) is 0. The molecule has 0 fully saturated rings. The molecule has 0 bridgehead atoms. The predicted molar refractivity (Wildman–Crippen MR) is 274 cm³/mol. The molecule has 0 spiro atoms. The highest BCUT2D eigenvalue weighted by Gasteiger charge is 2.22. The third kappa shape index (κ3) is 6.15. The van der Waals surface area contributed by atoms with Gasteiger partial charge in [-0.2, -0.15) is 0 Å². The van der Waals surface area contributed by atoms with Crippen LogP contribution < -0.4 is 0 Å². The van der Waals surface area contributed by atoms with Crippen LogP contribution in [0.1, 0.15) is 52.9 Å². The van der Waals surface area contributed by atoms with Crippen molar-refractivity contribution in [2.45, 2.75) is 33.6 Å². The molecule has 12 rings (SSSR count). The normalized spacial score (nSPS) is 14.5. The van der Waals surface area contributed by atoms with Crippen LogP contribution >= 0.6 is 0 Å². The summed E-state index contributed by atoms with van der Waals surface area (Å²) in [5.41, 5.74) is 10.6. The van der Waals surface area contributed by atoms with E-state index in [0.29, 0.717) is 16.7 Å². The fourth-order valence-electron chi connectivity index (χ4n) is 9.73. The molecule has 1 heteroatoms. The van der Waals surface area contributed by atoms with Gasteiger partial charge < -0.3 is 4.42 Å². The summed E-state index contributed by atoms with van der Waals surface area (Å²) >= 11 is 0. The average Bonchev–Trinajstić information content (AvgIpc) is 3.80. The molecule has 0 aliphatic carbocycles. The second-order valence-electron chi connectivity index (χ2n) is 17.0. The molecule has 0 aliphatic heterocycles. The lowest BCUT2D eigenvalue weighted by Crippen LogP contribution is -1.96. The minimum Gasteiger partial charge on any atom is -0.456 e. The van der Waals surface area contributed by atoms with E-state index in [4.69, 9.17) is 19.5 Å². The van der Waals surface area contributed by atoms with Crippen LogP contribution in [0.4, 0.5) is 0 Å². The highest BCUT2D eigenvalue weighted by Crippen LogP contribution is 2.48. The van der Waals surface area contributed by atoms with E-state index in [0.717, 1.165) is 98.8 Å². The molecule has 1 heterocycles. The molecule has 64 heavy (non-hydrogen) atoms. The Bertz CT molecular complexity index is 4520. The SMILES string of the molecule is [2H]c1c([2H])c([2H])c(-c2ccc3c(-c4cc(C)c(-c5c([2H])c([2H])c([2H])c6c([2H])c([2H])c([2H])c([2H])c56)cc4C)c4cc(-c5ccc6c(c5)oc5c(C(C)C)cccc56)ccc4c(-c4ccc5ccccc5c4)c3c2)c([2H])c1[2H]. The summed E-state index contributed by atoms with van der Waals surface area (Å²) in [5.74, 6) is 0.259. The maximum absolute atomic E-state index is 9.25. The number of fused-ring (bicyclic) bond motifs is 7. The van der Waals surface area contributed by atoms with Crippen LogP contribution in [0.2, 0.25) is 0 Å². The van der Waals surface area contributed by atoms with Gasteiger partial charge in [-0.3, -0.25) is 0 Å². The maximum atomic E-state index is 9.25. The Morgan fingerprint density at radius 3 is 1.84 bits per heavy atom. The molecule has 11 aromatic carbocycles. The van der Waals surface area contributed by atoms with E-state index in [1.165, 1.54) is 0 Å². The minimum atomic E-state index is -0.518. The Hall–Kier alpha value is -7.74. The van der Waals surface area contributed by atoms with Gasteiger partial charge in [-0.1, -0.05) is 183 Å². The third-order valence-corrected chi connectivity index (χ3v) is 12.9. The smallest absolute Gasteiger partial charge is 0.138 e. The zero-order valence-corrected chi connectivity index (χ0v) is 35.6. The van der Waals surface area contributed by atoms with Crippen molar-refractivity contribution in [2.75, 3.05) is 0 Å². The topological polar surface area (TPSA) is 13.1 Å². The van der Waals surface area contributed by atoms with E-state index in [9.17, 15) is 1.37 Å². The molecule has 0 atom stereocenters. The van der Waals surface area contributed by atoms with Crippen molar-refractivity contribution in [3.63, 3.8) is 0 Å². The van der Waals surface area contributed by atoms with E-state index < -0.39 is 48.3 Å². The Morgan fingerprint density at radius 2 is 1.03 bits per heavy atom. The highest BCUT2D eigenvalue weighted by molar-refractivity contribution is 6.23. The van der Waals surface area contributed by atoms with E-state index in [1.807, 2.05) is 50.2 Å². The van der Waals surface area contributed by atoms with Crippen molar-refractivity contribution in [3.05, 3.63) is 217 Å². The maximum Gasteiger partial charge on any atom is 0.138 e. The van der Waals surface area contributed by atoms with Gasteiger partial charge in [0.1, 0.15) is 11.2 Å². The number of aryl methyl sites for hydroxylation is 2. The Balaban J connectivity index is 1.20. The molecular formula is C63H46O.